The Morgan fingerprint density at radius 1 is 1.38 bits per heavy atom. The molecule has 1 amide bonds. The van der Waals surface area contributed by atoms with E-state index in [1.54, 1.807) is 6.07 Å². The maximum atomic E-state index is 12.2. The van der Waals surface area contributed by atoms with E-state index in [1.807, 2.05) is 0 Å². The molecule has 3 aromatic rings. The molecule has 3 N–H and O–H groups in total. The molecule has 1 unspecified atom stereocenters. The van der Waals surface area contributed by atoms with Crippen molar-refractivity contribution in [1.29, 1.82) is 0 Å². The highest BCUT2D eigenvalue weighted by Gasteiger charge is 2.24. The number of amides is 1. The molecule has 10 heteroatoms. The number of nitrogens with zero attached hydrogens (tertiary/aromatic N) is 2. The Balaban J connectivity index is 2.18. The molecule has 0 aromatic carbocycles. The van der Waals surface area contributed by atoms with E-state index in [2.05, 4.69) is 15.3 Å². The Morgan fingerprint density at radius 2 is 2.08 bits per heavy atom. The third kappa shape index (κ3) is 2.72. The van der Waals surface area contributed by atoms with E-state index in [-0.39, 0.29) is 21.7 Å². The largest absolute Gasteiger partial charge is 0.504 e. The number of aromatic hydroxyl groups is 1. The summed E-state index contributed by atoms with van der Waals surface area (Å²) in [6, 6.07) is 0.452. The standard InChI is InChI=1S/C14H9Cl2N3O4S/c1-4(14(22)23)18-13(21)9-10(20)11-8(12(16)19-9)5-2-7(15)17-3-6(5)24-11/h2-4,20H,1H3,(H,18,21)(H,22,23). The lowest BCUT2D eigenvalue weighted by molar-refractivity contribution is -0.138. The van der Waals surface area contributed by atoms with Crippen molar-refractivity contribution in [3.8, 4) is 5.75 Å². The number of carboxylic acid groups (broad SMARTS) is 1. The number of carbonyl (C=O) groups excluding carboxylic acids is 1. The van der Waals surface area contributed by atoms with Crippen LogP contribution in [-0.4, -0.2) is 38.1 Å². The molecular weight excluding hydrogens is 377 g/mol. The van der Waals surface area contributed by atoms with Gasteiger partial charge in [-0.25, -0.2) is 9.97 Å². The number of nitrogens with one attached hydrogen (secondary N) is 1. The zero-order valence-corrected chi connectivity index (χ0v) is 14.3. The molecule has 0 aliphatic carbocycles. The highest BCUT2D eigenvalue weighted by molar-refractivity contribution is 7.26. The number of hydrogen-bond acceptors (Lipinski definition) is 6. The van der Waals surface area contributed by atoms with Crippen LogP contribution in [0, 0.1) is 0 Å². The Kier molecular flexibility index (Phi) is 4.20. The zero-order valence-electron chi connectivity index (χ0n) is 12.0. The van der Waals surface area contributed by atoms with Gasteiger partial charge in [-0.2, -0.15) is 0 Å². The molecule has 0 saturated heterocycles. The van der Waals surface area contributed by atoms with Gasteiger partial charge in [-0.1, -0.05) is 23.2 Å². The fourth-order valence-electron chi connectivity index (χ4n) is 2.15. The summed E-state index contributed by atoms with van der Waals surface area (Å²) in [6.07, 6.45) is 1.53. The lowest BCUT2D eigenvalue weighted by Gasteiger charge is -2.10. The minimum Gasteiger partial charge on any atom is -0.504 e. The molecule has 0 bridgehead atoms. The van der Waals surface area contributed by atoms with Crippen LogP contribution >= 0.6 is 34.5 Å². The van der Waals surface area contributed by atoms with E-state index in [0.717, 1.165) is 0 Å². The molecule has 24 heavy (non-hydrogen) atoms. The quantitative estimate of drug-likeness (QED) is 0.597. The minimum atomic E-state index is -1.21. The first-order valence-corrected chi connectivity index (χ1v) is 8.16. The van der Waals surface area contributed by atoms with Crippen LogP contribution in [0.1, 0.15) is 17.4 Å². The van der Waals surface area contributed by atoms with E-state index < -0.39 is 17.9 Å². The first-order chi connectivity index (χ1) is 11.3. The molecule has 0 fully saturated rings. The lowest BCUT2D eigenvalue weighted by atomic mass is 10.2. The van der Waals surface area contributed by atoms with Crippen LogP contribution in [0.5, 0.6) is 5.75 Å². The van der Waals surface area contributed by atoms with Crippen molar-refractivity contribution in [1.82, 2.24) is 15.3 Å². The number of aromatic nitrogens is 2. The summed E-state index contributed by atoms with van der Waals surface area (Å²) in [6.45, 7) is 1.30. The van der Waals surface area contributed by atoms with Crippen LogP contribution in [0.25, 0.3) is 20.2 Å². The van der Waals surface area contributed by atoms with Gasteiger partial charge in [-0.15, -0.1) is 11.3 Å². The van der Waals surface area contributed by atoms with Gasteiger partial charge in [0.05, 0.1) is 9.40 Å². The van der Waals surface area contributed by atoms with Gasteiger partial charge >= 0.3 is 5.97 Å². The van der Waals surface area contributed by atoms with Gasteiger partial charge < -0.3 is 15.5 Å². The third-order valence-corrected chi connectivity index (χ3v) is 4.96. The van der Waals surface area contributed by atoms with Gasteiger partial charge in [0, 0.05) is 17.0 Å². The van der Waals surface area contributed by atoms with Crippen LogP contribution in [0.3, 0.4) is 0 Å². The Hall–Kier alpha value is -2.16. The number of pyridine rings is 2. The van der Waals surface area contributed by atoms with E-state index in [1.165, 1.54) is 24.5 Å². The highest BCUT2D eigenvalue weighted by Crippen LogP contribution is 2.43. The average molecular weight is 386 g/mol. The molecule has 0 aliphatic rings. The second-order valence-electron chi connectivity index (χ2n) is 4.94. The van der Waals surface area contributed by atoms with Crippen molar-refractivity contribution in [2.45, 2.75) is 13.0 Å². The Morgan fingerprint density at radius 3 is 2.75 bits per heavy atom. The van der Waals surface area contributed by atoms with Gasteiger partial charge in [-0.05, 0) is 13.0 Å². The van der Waals surface area contributed by atoms with E-state index in [9.17, 15) is 14.7 Å². The van der Waals surface area contributed by atoms with Crippen molar-refractivity contribution in [3.63, 3.8) is 0 Å². The van der Waals surface area contributed by atoms with Gasteiger partial charge in [0.25, 0.3) is 5.91 Å². The number of carbonyl (C=O) groups is 2. The maximum absolute atomic E-state index is 12.2. The van der Waals surface area contributed by atoms with Gasteiger partial charge in [-0.3, -0.25) is 9.59 Å². The summed E-state index contributed by atoms with van der Waals surface area (Å²) in [7, 11) is 0. The molecular formula is C14H9Cl2N3O4S. The molecule has 0 spiro atoms. The summed E-state index contributed by atoms with van der Waals surface area (Å²) in [5.41, 5.74) is -0.341. The van der Waals surface area contributed by atoms with Crippen molar-refractivity contribution in [2.75, 3.05) is 0 Å². The summed E-state index contributed by atoms with van der Waals surface area (Å²) in [5, 5.41) is 22.9. The van der Waals surface area contributed by atoms with Crippen LogP contribution in [0.4, 0.5) is 0 Å². The van der Waals surface area contributed by atoms with Crippen molar-refractivity contribution >= 4 is 66.6 Å². The number of fused-ring (bicyclic) bond motifs is 3. The van der Waals surface area contributed by atoms with Crippen LogP contribution in [-0.2, 0) is 4.79 Å². The second kappa shape index (κ2) is 6.04. The van der Waals surface area contributed by atoms with Crippen molar-refractivity contribution < 1.29 is 19.8 Å². The Labute approximate surface area is 148 Å². The summed E-state index contributed by atoms with van der Waals surface area (Å²) < 4.78 is 1.06. The number of thiophene rings is 1. The third-order valence-electron chi connectivity index (χ3n) is 3.33. The highest BCUT2D eigenvalue weighted by atomic mass is 35.5. The monoisotopic (exact) mass is 385 g/mol. The molecule has 124 valence electrons. The van der Waals surface area contributed by atoms with Crippen molar-refractivity contribution in [2.24, 2.45) is 0 Å². The molecule has 3 aromatic heterocycles. The van der Waals surface area contributed by atoms with Gasteiger partial charge in [0.2, 0.25) is 0 Å². The number of aliphatic carboxylic acids is 1. The first kappa shape index (κ1) is 16.7. The zero-order chi connectivity index (χ0) is 17.6. The van der Waals surface area contributed by atoms with Crippen LogP contribution in [0.2, 0.25) is 10.3 Å². The molecule has 7 nitrogen and oxygen atoms in total. The molecule has 3 heterocycles. The normalized spacial score (nSPS) is 12.5. The summed E-state index contributed by atoms with van der Waals surface area (Å²) in [4.78, 5) is 30.9. The van der Waals surface area contributed by atoms with Crippen LogP contribution in [0.15, 0.2) is 12.3 Å². The molecule has 3 rings (SSSR count). The smallest absolute Gasteiger partial charge is 0.325 e. The number of halogens is 2. The topological polar surface area (TPSA) is 112 Å². The fourth-order valence-corrected chi connectivity index (χ4v) is 3.74. The Bertz CT molecular complexity index is 1000. The number of carboxylic acids is 1. The van der Waals surface area contributed by atoms with Gasteiger partial charge in [0.15, 0.2) is 11.4 Å². The maximum Gasteiger partial charge on any atom is 0.325 e. The molecule has 0 radical (unpaired) electrons. The predicted octanol–water partition coefficient (Wildman–Crippen LogP) is 3.06. The molecule has 0 saturated carbocycles. The summed E-state index contributed by atoms with van der Waals surface area (Å²) >= 11 is 13.2. The number of rotatable bonds is 3. The first-order valence-electron chi connectivity index (χ1n) is 6.59. The number of hydrogen-bond donors (Lipinski definition) is 3. The van der Waals surface area contributed by atoms with E-state index in [4.69, 9.17) is 28.3 Å². The summed E-state index contributed by atoms with van der Waals surface area (Å²) in [5.74, 6) is -2.42. The lowest BCUT2D eigenvalue weighted by Crippen LogP contribution is -2.38. The second-order valence-corrected chi connectivity index (χ2v) is 6.74. The van der Waals surface area contributed by atoms with Crippen LogP contribution < -0.4 is 5.32 Å². The van der Waals surface area contributed by atoms with Crippen molar-refractivity contribution in [3.05, 3.63) is 28.3 Å². The molecule has 1 atom stereocenters. The fraction of sp³-hybridized carbons (Fsp3) is 0.143. The van der Waals surface area contributed by atoms with Gasteiger partial charge in [0.1, 0.15) is 16.3 Å². The average Bonchev–Trinajstić information content (AvgIpc) is 2.89. The minimum absolute atomic E-state index is 0.00412. The predicted molar refractivity (Wildman–Crippen MR) is 91.2 cm³/mol. The SMILES string of the molecule is CC(NC(=O)c1nc(Cl)c2c(sc3cnc(Cl)cc32)c1O)C(=O)O. The molecule has 0 aliphatic heterocycles. The van der Waals surface area contributed by atoms with E-state index in [0.29, 0.717) is 20.2 Å². The van der Waals surface area contributed by atoms with E-state index >= 15 is 0 Å².